The van der Waals surface area contributed by atoms with Gasteiger partial charge in [-0.1, -0.05) is 11.3 Å². The Labute approximate surface area is 168 Å². The molecule has 1 fully saturated rings. The van der Waals surface area contributed by atoms with E-state index < -0.39 is 0 Å². The SMILES string of the molecule is Cc1nnc(-c2cnc3cnc(CC(=O)N4CCC(N(C)C)CC4)cc3c2)s1. The summed E-state index contributed by atoms with van der Waals surface area (Å²) in [4.78, 5) is 25.8. The fraction of sp³-hybridized carbons (Fsp3) is 0.450. The number of hydrogen-bond donors (Lipinski definition) is 0. The van der Waals surface area contributed by atoms with Crippen molar-refractivity contribution < 1.29 is 4.79 Å². The predicted molar refractivity (Wildman–Crippen MR) is 110 cm³/mol. The third kappa shape index (κ3) is 4.02. The van der Waals surface area contributed by atoms with Crippen LogP contribution in [0.5, 0.6) is 0 Å². The molecule has 1 aliphatic heterocycles. The average molecular weight is 397 g/mol. The summed E-state index contributed by atoms with van der Waals surface area (Å²) in [6.07, 6.45) is 5.91. The molecule has 0 spiro atoms. The van der Waals surface area contributed by atoms with Crippen LogP contribution in [0.1, 0.15) is 23.5 Å². The van der Waals surface area contributed by atoms with Crippen molar-refractivity contribution in [3.8, 4) is 10.6 Å². The van der Waals surface area contributed by atoms with Gasteiger partial charge in [-0.15, -0.1) is 10.2 Å². The van der Waals surface area contributed by atoms with Crippen molar-refractivity contribution in [1.29, 1.82) is 0 Å². The van der Waals surface area contributed by atoms with Gasteiger partial charge in [-0.3, -0.25) is 14.8 Å². The number of carbonyl (C=O) groups excluding carboxylic acids is 1. The van der Waals surface area contributed by atoms with E-state index in [9.17, 15) is 4.79 Å². The molecule has 0 radical (unpaired) electrons. The highest BCUT2D eigenvalue weighted by molar-refractivity contribution is 7.14. The van der Waals surface area contributed by atoms with Gasteiger partial charge < -0.3 is 9.80 Å². The molecule has 0 unspecified atom stereocenters. The largest absolute Gasteiger partial charge is 0.342 e. The first-order chi connectivity index (χ1) is 13.5. The molecule has 7 nitrogen and oxygen atoms in total. The summed E-state index contributed by atoms with van der Waals surface area (Å²) >= 11 is 1.54. The molecule has 3 aromatic rings. The Kier molecular flexibility index (Phi) is 5.32. The minimum Gasteiger partial charge on any atom is -0.342 e. The Hall–Kier alpha value is -2.45. The summed E-state index contributed by atoms with van der Waals surface area (Å²) in [6.45, 7) is 3.57. The summed E-state index contributed by atoms with van der Waals surface area (Å²) in [5, 5.41) is 11.0. The van der Waals surface area contributed by atoms with Crippen LogP contribution in [0.3, 0.4) is 0 Å². The van der Waals surface area contributed by atoms with Gasteiger partial charge in [-0.05, 0) is 46.0 Å². The van der Waals surface area contributed by atoms with Crippen molar-refractivity contribution in [1.82, 2.24) is 30.0 Å². The van der Waals surface area contributed by atoms with Crippen molar-refractivity contribution in [2.24, 2.45) is 0 Å². The molecule has 8 heteroatoms. The van der Waals surface area contributed by atoms with Crippen LogP contribution < -0.4 is 0 Å². The maximum atomic E-state index is 12.7. The van der Waals surface area contributed by atoms with Gasteiger partial charge in [-0.2, -0.15) is 0 Å². The van der Waals surface area contributed by atoms with Gasteiger partial charge in [0.1, 0.15) is 10.0 Å². The van der Waals surface area contributed by atoms with E-state index in [4.69, 9.17) is 0 Å². The van der Waals surface area contributed by atoms with E-state index in [0.29, 0.717) is 12.5 Å². The number of likely N-dealkylation sites (tertiary alicyclic amines) is 1. The second kappa shape index (κ2) is 7.89. The molecule has 0 aromatic carbocycles. The van der Waals surface area contributed by atoms with E-state index in [1.54, 1.807) is 23.7 Å². The van der Waals surface area contributed by atoms with Gasteiger partial charge >= 0.3 is 0 Å². The minimum atomic E-state index is 0.146. The van der Waals surface area contributed by atoms with Gasteiger partial charge in [-0.25, -0.2) is 0 Å². The van der Waals surface area contributed by atoms with Crippen LogP contribution in [0.4, 0.5) is 0 Å². The van der Waals surface area contributed by atoms with E-state index in [0.717, 1.165) is 58.1 Å². The van der Waals surface area contributed by atoms with E-state index in [2.05, 4.69) is 39.2 Å². The minimum absolute atomic E-state index is 0.146. The summed E-state index contributed by atoms with van der Waals surface area (Å²) in [5.74, 6) is 0.146. The first kappa shape index (κ1) is 18.9. The number of rotatable bonds is 4. The summed E-state index contributed by atoms with van der Waals surface area (Å²) < 4.78 is 0. The highest BCUT2D eigenvalue weighted by Crippen LogP contribution is 2.25. The van der Waals surface area contributed by atoms with Crippen molar-refractivity contribution in [2.45, 2.75) is 32.2 Å². The molecule has 4 heterocycles. The number of nitrogens with zero attached hydrogens (tertiary/aromatic N) is 6. The van der Waals surface area contributed by atoms with Crippen LogP contribution in [0.15, 0.2) is 24.5 Å². The van der Waals surface area contributed by atoms with Gasteiger partial charge in [0.25, 0.3) is 0 Å². The standard InChI is InChI=1S/C20H24N6OS/c1-13-23-24-20(28-13)15-8-14-9-16(21-12-18(14)22-11-15)10-19(27)26-6-4-17(5-7-26)25(2)3/h8-9,11-12,17H,4-7,10H2,1-3H3. The maximum absolute atomic E-state index is 12.7. The van der Waals surface area contributed by atoms with Crippen molar-refractivity contribution in [3.63, 3.8) is 0 Å². The Morgan fingerprint density at radius 2 is 1.96 bits per heavy atom. The molecule has 0 bridgehead atoms. The van der Waals surface area contributed by atoms with Crippen LogP contribution in [0, 0.1) is 6.92 Å². The molecular formula is C20H24N6OS. The van der Waals surface area contributed by atoms with Crippen LogP contribution >= 0.6 is 11.3 Å². The summed E-state index contributed by atoms with van der Waals surface area (Å²) in [5.41, 5.74) is 2.53. The molecule has 3 aromatic heterocycles. The van der Waals surface area contributed by atoms with E-state index in [-0.39, 0.29) is 5.91 Å². The number of hydrogen-bond acceptors (Lipinski definition) is 7. The lowest BCUT2D eigenvalue weighted by Gasteiger charge is -2.35. The highest BCUT2D eigenvalue weighted by atomic mass is 32.1. The van der Waals surface area contributed by atoms with Gasteiger partial charge in [0, 0.05) is 36.3 Å². The third-order valence-corrected chi connectivity index (χ3v) is 6.16. The molecule has 146 valence electrons. The topological polar surface area (TPSA) is 75.1 Å². The second-order valence-electron chi connectivity index (χ2n) is 7.47. The zero-order valence-corrected chi connectivity index (χ0v) is 17.2. The van der Waals surface area contributed by atoms with Gasteiger partial charge in [0.15, 0.2) is 0 Å². The lowest BCUT2D eigenvalue weighted by molar-refractivity contribution is -0.132. The highest BCUT2D eigenvalue weighted by Gasteiger charge is 2.24. The Morgan fingerprint density at radius 3 is 2.64 bits per heavy atom. The quantitative estimate of drug-likeness (QED) is 0.675. The molecule has 0 N–H and O–H groups in total. The normalized spacial score (nSPS) is 15.5. The second-order valence-corrected chi connectivity index (χ2v) is 8.65. The predicted octanol–water partition coefficient (Wildman–Crippen LogP) is 2.55. The molecule has 0 saturated carbocycles. The number of aryl methyl sites for hydroxylation is 1. The summed E-state index contributed by atoms with van der Waals surface area (Å²) in [7, 11) is 4.21. The molecule has 28 heavy (non-hydrogen) atoms. The summed E-state index contributed by atoms with van der Waals surface area (Å²) in [6, 6.07) is 4.57. The zero-order chi connectivity index (χ0) is 19.7. The van der Waals surface area contributed by atoms with Gasteiger partial charge in [0.2, 0.25) is 5.91 Å². The lowest BCUT2D eigenvalue weighted by Crippen LogP contribution is -2.45. The molecular weight excluding hydrogens is 372 g/mol. The Balaban J connectivity index is 1.49. The maximum Gasteiger partial charge on any atom is 0.228 e. The number of fused-ring (bicyclic) bond motifs is 1. The number of aromatic nitrogens is 4. The van der Waals surface area contributed by atoms with Crippen LogP contribution in [0.25, 0.3) is 21.5 Å². The van der Waals surface area contributed by atoms with Crippen molar-refractivity contribution in [2.75, 3.05) is 27.2 Å². The molecule has 0 aliphatic carbocycles. The molecule has 4 rings (SSSR count). The number of amides is 1. The molecule has 1 amide bonds. The number of pyridine rings is 2. The molecule has 1 aliphatic rings. The van der Waals surface area contributed by atoms with Crippen molar-refractivity contribution in [3.05, 3.63) is 35.2 Å². The van der Waals surface area contributed by atoms with Crippen LogP contribution in [0.2, 0.25) is 0 Å². The smallest absolute Gasteiger partial charge is 0.228 e. The first-order valence-electron chi connectivity index (χ1n) is 9.49. The van der Waals surface area contributed by atoms with Crippen molar-refractivity contribution >= 4 is 28.1 Å². The van der Waals surface area contributed by atoms with Crippen LogP contribution in [-0.2, 0) is 11.2 Å². The first-order valence-corrected chi connectivity index (χ1v) is 10.3. The molecule has 0 atom stereocenters. The number of piperidine rings is 1. The molecule has 1 saturated heterocycles. The average Bonchev–Trinajstić information content (AvgIpc) is 3.14. The third-order valence-electron chi connectivity index (χ3n) is 5.28. The number of carbonyl (C=O) groups is 1. The van der Waals surface area contributed by atoms with Crippen LogP contribution in [-0.4, -0.2) is 69.1 Å². The van der Waals surface area contributed by atoms with E-state index in [1.165, 1.54) is 0 Å². The monoisotopic (exact) mass is 396 g/mol. The fourth-order valence-electron chi connectivity index (χ4n) is 3.60. The Bertz CT molecular complexity index is 993. The fourth-order valence-corrected chi connectivity index (χ4v) is 4.27. The zero-order valence-electron chi connectivity index (χ0n) is 16.4. The van der Waals surface area contributed by atoms with E-state index >= 15 is 0 Å². The lowest BCUT2D eigenvalue weighted by atomic mass is 10.0. The van der Waals surface area contributed by atoms with E-state index in [1.807, 2.05) is 24.0 Å². The Morgan fingerprint density at radius 1 is 1.18 bits per heavy atom. The van der Waals surface area contributed by atoms with Gasteiger partial charge in [0.05, 0.1) is 23.8 Å².